The van der Waals surface area contributed by atoms with Crippen molar-refractivity contribution in [2.75, 3.05) is 63.6 Å². The third kappa shape index (κ3) is 7.68. The van der Waals surface area contributed by atoms with Gasteiger partial charge in [-0.3, -0.25) is 19.3 Å². The summed E-state index contributed by atoms with van der Waals surface area (Å²) in [7, 11) is 3.41. The number of anilines is 3. The highest BCUT2D eigenvalue weighted by Gasteiger charge is 2.32. The molecular formula is C38H47N7O4S. The van der Waals surface area contributed by atoms with Gasteiger partial charge in [-0.05, 0) is 80.1 Å². The number of aromatic nitrogens is 2. The van der Waals surface area contributed by atoms with Crippen LogP contribution in [0.2, 0.25) is 0 Å². The molecule has 0 bridgehead atoms. The lowest BCUT2D eigenvalue weighted by molar-refractivity contribution is -0.137. The van der Waals surface area contributed by atoms with Crippen molar-refractivity contribution in [2.24, 2.45) is 7.05 Å². The highest BCUT2D eigenvalue weighted by atomic mass is 32.1. The average Bonchev–Trinajstić information content (AvgIpc) is 3.57. The summed E-state index contributed by atoms with van der Waals surface area (Å²) in [6.45, 7) is 8.55. The number of nitrogens with one attached hydrogen (secondary N) is 2. The zero-order valence-electron chi connectivity index (χ0n) is 29.4. The van der Waals surface area contributed by atoms with Gasteiger partial charge in [-0.2, -0.15) is 0 Å². The van der Waals surface area contributed by atoms with E-state index in [1.165, 1.54) is 27.8 Å². The molecule has 0 radical (unpaired) electrons. The Morgan fingerprint density at radius 3 is 2.50 bits per heavy atom. The van der Waals surface area contributed by atoms with E-state index in [-0.39, 0.29) is 36.3 Å². The normalized spacial score (nSPS) is 15.7. The van der Waals surface area contributed by atoms with E-state index in [1.54, 1.807) is 36.5 Å². The molecule has 1 aliphatic heterocycles. The molecule has 4 aromatic rings. The average molecular weight is 698 g/mol. The van der Waals surface area contributed by atoms with Gasteiger partial charge in [0.1, 0.15) is 6.04 Å². The summed E-state index contributed by atoms with van der Waals surface area (Å²) >= 11 is 1.59. The highest BCUT2D eigenvalue weighted by Crippen LogP contribution is 2.32. The molecule has 1 saturated heterocycles. The van der Waals surface area contributed by atoms with Crippen molar-refractivity contribution in [3.05, 3.63) is 91.5 Å². The van der Waals surface area contributed by atoms with Gasteiger partial charge in [-0.1, -0.05) is 31.2 Å². The number of hydrogen-bond acceptors (Lipinski definition) is 9. The maximum Gasteiger partial charge on any atom is 0.293 e. The molecule has 1 fully saturated rings. The van der Waals surface area contributed by atoms with E-state index in [0.29, 0.717) is 17.1 Å². The molecule has 6 rings (SSSR count). The first kappa shape index (κ1) is 35.5. The zero-order chi connectivity index (χ0) is 35.4. The van der Waals surface area contributed by atoms with Gasteiger partial charge in [0.2, 0.25) is 5.91 Å². The first-order valence-corrected chi connectivity index (χ1v) is 18.3. The van der Waals surface area contributed by atoms with Crippen molar-refractivity contribution < 1.29 is 14.7 Å². The number of nitrogens with zero attached hydrogens (tertiary/aromatic N) is 5. The number of fused-ring (bicyclic) bond motifs is 1. The van der Waals surface area contributed by atoms with Gasteiger partial charge in [0.15, 0.2) is 5.82 Å². The van der Waals surface area contributed by atoms with Crippen LogP contribution in [0.1, 0.15) is 57.0 Å². The Hall–Kier alpha value is -4.36. The van der Waals surface area contributed by atoms with E-state index >= 15 is 0 Å². The number of benzene rings is 2. The number of aliphatic hydroxyl groups excluding tert-OH is 1. The minimum atomic E-state index is -0.477. The SMILES string of the molecule is CCN1CCN(C(C(=O)N(C)CCO)c2ccc(Nc3nc(-c4cccc(NC(=O)c5cc6c(s5)CCCC6)c4C)cn(C)c3=O)cc2)CC1. The second-order valence-corrected chi connectivity index (χ2v) is 14.3. The Bertz CT molecular complexity index is 1870. The summed E-state index contributed by atoms with van der Waals surface area (Å²) in [5.74, 6) is -0.00550. The molecule has 50 heavy (non-hydrogen) atoms. The highest BCUT2D eigenvalue weighted by molar-refractivity contribution is 7.14. The number of likely N-dealkylation sites (N-methyl/N-ethyl adjacent to an activating group) is 2. The number of hydrogen-bond donors (Lipinski definition) is 3. The van der Waals surface area contributed by atoms with Crippen LogP contribution in [0.15, 0.2) is 59.5 Å². The van der Waals surface area contributed by atoms with Crippen LogP contribution >= 0.6 is 11.3 Å². The molecule has 3 heterocycles. The lowest BCUT2D eigenvalue weighted by Crippen LogP contribution is -2.51. The van der Waals surface area contributed by atoms with Crippen LogP contribution in [-0.2, 0) is 24.7 Å². The summed E-state index contributed by atoms with van der Waals surface area (Å²) in [5, 5.41) is 15.8. The minimum Gasteiger partial charge on any atom is -0.395 e. The molecule has 1 unspecified atom stereocenters. The van der Waals surface area contributed by atoms with E-state index in [0.717, 1.165) is 67.1 Å². The fraction of sp³-hybridized carbons (Fsp3) is 0.421. The molecule has 0 spiro atoms. The van der Waals surface area contributed by atoms with Crippen LogP contribution in [0, 0.1) is 6.92 Å². The maximum atomic E-state index is 13.6. The number of amides is 2. The Morgan fingerprint density at radius 1 is 1.06 bits per heavy atom. The number of rotatable bonds is 11. The largest absolute Gasteiger partial charge is 0.395 e. The molecule has 264 valence electrons. The monoisotopic (exact) mass is 697 g/mol. The van der Waals surface area contributed by atoms with Gasteiger partial charge in [0.25, 0.3) is 11.5 Å². The van der Waals surface area contributed by atoms with E-state index in [1.807, 2.05) is 55.5 Å². The smallest absolute Gasteiger partial charge is 0.293 e. The number of carbonyl (C=O) groups excluding carboxylic acids is 2. The predicted octanol–water partition coefficient (Wildman–Crippen LogP) is 4.82. The van der Waals surface area contributed by atoms with E-state index in [2.05, 4.69) is 27.4 Å². The minimum absolute atomic E-state index is 0.0590. The molecular weight excluding hydrogens is 651 g/mol. The van der Waals surface area contributed by atoms with E-state index in [4.69, 9.17) is 4.98 Å². The summed E-state index contributed by atoms with van der Waals surface area (Å²) in [5.41, 5.74) is 5.47. The molecule has 2 aromatic carbocycles. The molecule has 0 saturated carbocycles. The molecule has 12 heteroatoms. The summed E-state index contributed by atoms with van der Waals surface area (Å²) in [4.78, 5) is 53.1. The van der Waals surface area contributed by atoms with Crippen LogP contribution < -0.4 is 16.2 Å². The Kier molecular flexibility index (Phi) is 11.1. The van der Waals surface area contributed by atoms with Crippen molar-refractivity contribution >= 4 is 40.3 Å². The van der Waals surface area contributed by atoms with Crippen molar-refractivity contribution in [2.45, 2.75) is 45.6 Å². The van der Waals surface area contributed by atoms with Crippen LogP contribution in [0.5, 0.6) is 0 Å². The first-order valence-electron chi connectivity index (χ1n) is 17.5. The third-order valence-corrected chi connectivity index (χ3v) is 11.1. The first-order chi connectivity index (χ1) is 24.2. The quantitative estimate of drug-likeness (QED) is 0.204. The van der Waals surface area contributed by atoms with Gasteiger partial charge in [0.05, 0.1) is 17.2 Å². The molecule has 2 amide bonds. The lowest BCUT2D eigenvalue weighted by Gasteiger charge is -2.39. The van der Waals surface area contributed by atoms with Crippen LogP contribution in [-0.4, -0.2) is 94.1 Å². The number of aryl methyl sites for hydroxylation is 3. The molecule has 2 aromatic heterocycles. The van der Waals surface area contributed by atoms with E-state index < -0.39 is 6.04 Å². The number of piperazine rings is 1. The molecule has 3 N–H and O–H groups in total. The fourth-order valence-corrected chi connectivity index (χ4v) is 8.00. The van der Waals surface area contributed by atoms with E-state index in [9.17, 15) is 19.5 Å². The second-order valence-electron chi connectivity index (χ2n) is 13.2. The fourth-order valence-electron chi connectivity index (χ4n) is 6.85. The topological polar surface area (TPSA) is 123 Å². The molecule has 11 nitrogen and oxygen atoms in total. The Morgan fingerprint density at radius 2 is 1.80 bits per heavy atom. The van der Waals surface area contributed by atoms with Gasteiger partial charge in [0, 0.05) is 74.8 Å². The van der Waals surface area contributed by atoms with Crippen molar-refractivity contribution in [3.63, 3.8) is 0 Å². The van der Waals surface area contributed by atoms with Crippen molar-refractivity contribution in [3.8, 4) is 11.3 Å². The zero-order valence-corrected chi connectivity index (χ0v) is 30.2. The number of aliphatic hydroxyl groups is 1. The number of thiophene rings is 1. The lowest BCUT2D eigenvalue weighted by atomic mass is 9.99. The van der Waals surface area contributed by atoms with Crippen LogP contribution in [0.4, 0.5) is 17.2 Å². The summed E-state index contributed by atoms with van der Waals surface area (Å²) < 4.78 is 1.50. The number of carbonyl (C=O) groups is 2. The van der Waals surface area contributed by atoms with Gasteiger partial charge < -0.3 is 30.1 Å². The Balaban J connectivity index is 1.22. The summed E-state index contributed by atoms with van der Waals surface area (Å²) in [6, 6.07) is 14.8. The second kappa shape index (κ2) is 15.7. The molecule has 1 aliphatic carbocycles. The molecule has 2 aliphatic rings. The van der Waals surface area contributed by atoms with Crippen molar-refractivity contribution in [1.29, 1.82) is 0 Å². The third-order valence-electron chi connectivity index (χ3n) is 9.90. The predicted molar refractivity (Wildman–Crippen MR) is 199 cm³/mol. The van der Waals surface area contributed by atoms with Crippen LogP contribution in [0.3, 0.4) is 0 Å². The van der Waals surface area contributed by atoms with Gasteiger partial charge in [-0.25, -0.2) is 4.98 Å². The Labute approximate surface area is 297 Å². The summed E-state index contributed by atoms with van der Waals surface area (Å²) in [6.07, 6.45) is 6.12. The van der Waals surface area contributed by atoms with Crippen molar-refractivity contribution in [1.82, 2.24) is 24.3 Å². The standard InChI is InChI=1S/C38H47N7O4S/c1-5-44-17-19-45(20-18-44)34(37(48)42(3)21-22-46)26-13-15-28(16-14-26)39-35-38(49)43(4)24-31(40-35)29-10-8-11-30(25(29)2)41-36(47)33-23-27-9-6-7-12-32(27)50-33/h8,10-11,13-16,23-24,34,46H,5-7,9,12,17-22H2,1-4H3,(H,39,40)(H,41,47). The van der Waals surface area contributed by atoms with Crippen LogP contribution in [0.25, 0.3) is 11.3 Å². The van der Waals surface area contributed by atoms with Gasteiger partial charge in [-0.15, -0.1) is 11.3 Å². The maximum absolute atomic E-state index is 13.6. The van der Waals surface area contributed by atoms with Gasteiger partial charge >= 0.3 is 0 Å². The molecule has 1 atom stereocenters.